The maximum absolute atomic E-state index is 12.6. The molecule has 3 heteroatoms. The molecule has 0 saturated heterocycles. The maximum atomic E-state index is 12.6. The van der Waals surface area contributed by atoms with E-state index in [0.717, 1.165) is 0 Å². The minimum Gasteiger partial charge on any atom is -0.205 e. The van der Waals surface area contributed by atoms with Crippen molar-refractivity contribution < 1.29 is 4.39 Å². The number of hydrogen-bond donors (Lipinski definition) is 1. The van der Waals surface area contributed by atoms with Crippen LogP contribution < -0.4 is 0 Å². The molecule has 0 bridgehead atoms. The van der Waals surface area contributed by atoms with Crippen LogP contribution in [-0.2, 0) is 0 Å². The largest absolute Gasteiger partial charge is 0.205 e. The van der Waals surface area contributed by atoms with Gasteiger partial charge in [-0.15, -0.1) is 0 Å². The Labute approximate surface area is 81.1 Å². The van der Waals surface area contributed by atoms with Crippen molar-refractivity contribution in [2.45, 2.75) is 0 Å². The van der Waals surface area contributed by atoms with E-state index in [2.05, 4.69) is 24.5 Å². The first-order chi connectivity index (χ1) is 5.74. The molecular formula is C9H6ClFS. The standard InChI is InChI=1S/C9H6ClFS/c10-8-6-7(2-1-5-12)3-4-9(8)11/h3-4,6,12H,5H2. The van der Waals surface area contributed by atoms with Gasteiger partial charge in [-0.05, 0) is 18.2 Å². The minimum absolute atomic E-state index is 0.0981. The number of halogens is 2. The van der Waals surface area contributed by atoms with Gasteiger partial charge in [0.1, 0.15) is 5.82 Å². The predicted octanol–water partition coefficient (Wildman–Crippen LogP) is 2.76. The molecule has 1 rings (SSSR count). The van der Waals surface area contributed by atoms with Crippen molar-refractivity contribution in [1.29, 1.82) is 0 Å². The smallest absolute Gasteiger partial charge is 0.141 e. The highest BCUT2D eigenvalue weighted by Crippen LogP contribution is 2.14. The van der Waals surface area contributed by atoms with E-state index in [9.17, 15) is 4.39 Å². The van der Waals surface area contributed by atoms with Gasteiger partial charge in [0, 0.05) is 5.56 Å². The van der Waals surface area contributed by atoms with E-state index in [0.29, 0.717) is 11.3 Å². The van der Waals surface area contributed by atoms with Crippen LogP contribution in [0, 0.1) is 17.7 Å². The third kappa shape index (κ3) is 2.44. The molecule has 0 heterocycles. The van der Waals surface area contributed by atoms with Gasteiger partial charge in [0.25, 0.3) is 0 Å². The van der Waals surface area contributed by atoms with Gasteiger partial charge in [0.2, 0.25) is 0 Å². The summed E-state index contributed by atoms with van der Waals surface area (Å²) in [5, 5.41) is 0.0981. The molecule has 0 fully saturated rings. The summed E-state index contributed by atoms with van der Waals surface area (Å²) in [4.78, 5) is 0. The first-order valence-corrected chi connectivity index (χ1v) is 4.30. The molecule has 0 saturated carbocycles. The molecule has 62 valence electrons. The Hall–Kier alpha value is -0.650. The van der Waals surface area contributed by atoms with E-state index >= 15 is 0 Å². The Morgan fingerprint density at radius 3 is 2.83 bits per heavy atom. The summed E-state index contributed by atoms with van der Waals surface area (Å²) in [5.41, 5.74) is 0.704. The number of thiol groups is 1. The van der Waals surface area contributed by atoms with Crippen LogP contribution in [0.2, 0.25) is 5.02 Å². The fourth-order valence-electron chi connectivity index (χ4n) is 0.715. The number of hydrogen-bond acceptors (Lipinski definition) is 1. The van der Waals surface area contributed by atoms with Crippen LogP contribution in [0.25, 0.3) is 0 Å². The van der Waals surface area contributed by atoms with Gasteiger partial charge in [-0.2, -0.15) is 12.6 Å². The first kappa shape index (κ1) is 9.44. The molecule has 0 aliphatic rings. The molecule has 0 aromatic heterocycles. The van der Waals surface area contributed by atoms with Crippen LogP contribution in [-0.4, -0.2) is 5.75 Å². The Morgan fingerprint density at radius 1 is 1.50 bits per heavy atom. The lowest BCUT2D eigenvalue weighted by atomic mass is 10.2. The zero-order valence-corrected chi connectivity index (χ0v) is 7.79. The minimum atomic E-state index is -0.423. The lowest BCUT2D eigenvalue weighted by molar-refractivity contribution is 0.628. The molecule has 0 aliphatic carbocycles. The average Bonchev–Trinajstić information content (AvgIpc) is 2.07. The third-order valence-corrected chi connectivity index (χ3v) is 1.68. The van der Waals surface area contributed by atoms with E-state index in [-0.39, 0.29) is 5.02 Å². The monoisotopic (exact) mass is 200 g/mol. The third-order valence-electron chi connectivity index (χ3n) is 1.23. The van der Waals surface area contributed by atoms with Crippen molar-refractivity contribution in [3.8, 4) is 11.8 Å². The Kier molecular flexibility index (Phi) is 3.46. The van der Waals surface area contributed by atoms with Gasteiger partial charge in [-0.25, -0.2) is 4.39 Å². The van der Waals surface area contributed by atoms with Crippen LogP contribution in [0.4, 0.5) is 4.39 Å². The molecule has 0 aliphatic heterocycles. The highest BCUT2D eigenvalue weighted by molar-refractivity contribution is 7.80. The zero-order chi connectivity index (χ0) is 8.97. The molecule has 0 amide bonds. The van der Waals surface area contributed by atoms with Crippen LogP contribution >= 0.6 is 24.2 Å². The summed E-state index contributed by atoms with van der Waals surface area (Å²) in [6, 6.07) is 4.37. The summed E-state index contributed by atoms with van der Waals surface area (Å²) < 4.78 is 12.6. The highest BCUT2D eigenvalue weighted by Gasteiger charge is 1.97. The summed E-state index contributed by atoms with van der Waals surface area (Å²) in [6.45, 7) is 0. The SMILES string of the molecule is Fc1ccc(C#CCS)cc1Cl. The summed E-state index contributed by atoms with van der Waals surface area (Å²) in [6.07, 6.45) is 0. The second-order valence-corrected chi connectivity index (χ2v) is 2.81. The van der Waals surface area contributed by atoms with E-state index in [1.807, 2.05) is 0 Å². The molecule has 0 spiro atoms. The fraction of sp³-hybridized carbons (Fsp3) is 0.111. The van der Waals surface area contributed by atoms with E-state index in [1.165, 1.54) is 12.1 Å². The number of benzene rings is 1. The lowest BCUT2D eigenvalue weighted by Crippen LogP contribution is -1.79. The van der Waals surface area contributed by atoms with E-state index in [4.69, 9.17) is 11.6 Å². The van der Waals surface area contributed by atoms with Crippen LogP contribution in [0.1, 0.15) is 5.56 Å². The van der Waals surface area contributed by atoms with Gasteiger partial charge >= 0.3 is 0 Å². The normalized spacial score (nSPS) is 8.92. The molecule has 1 aromatic carbocycles. The van der Waals surface area contributed by atoms with Crippen molar-refractivity contribution >= 4 is 24.2 Å². The molecule has 1 aromatic rings. The fourth-order valence-corrected chi connectivity index (χ4v) is 0.975. The Bertz CT molecular complexity index is 338. The second kappa shape index (κ2) is 4.39. The molecule has 0 N–H and O–H groups in total. The maximum Gasteiger partial charge on any atom is 0.141 e. The first-order valence-electron chi connectivity index (χ1n) is 3.29. The quantitative estimate of drug-likeness (QED) is 0.483. The summed E-state index contributed by atoms with van der Waals surface area (Å²) in [7, 11) is 0. The molecule has 0 unspecified atom stereocenters. The van der Waals surface area contributed by atoms with Gasteiger partial charge in [0.05, 0.1) is 10.8 Å². The summed E-state index contributed by atoms with van der Waals surface area (Å²) >= 11 is 9.45. The van der Waals surface area contributed by atoms with Crippen LogP contribution in [0.5, 0.6) is 0 Å². The lowest BCUT2D eigenvalue weighted by Gasteiger charge is -1.93. The number of rotatable bonds is 0. The van der Waals surface area contributed by atoms with Gasteiger partial charge < -0.3 is 0 Å². The van der Waals surface area contributed by atoms with Gasteiger partial charge in [-0.1, -0.05) is 23.4 Å². The Balaban J connectivity index is 2.97. The van der Waals surface area contributed by atoms with Crippen molar-refractivity contribution in [1.82, 2.24) is 0 Å². The van der Waals surface area contributed by atoms with E-state index < -0.39 is 5.82 Å². The highest BCUT2D eigenvalue weighted by atomic mass is 35.5. The molecule has 0 atom stereocenters. The molecule has 0 radical (unpaired) electrons. The van der Waals surface area contributed by atoms with Crippen molar-refractivity contribution in [3.63, 3.8) is 0 Å². The average molecular weight is 201 g/mol. The van der Waals surface area contributed by atoms with Gasteiger partial charge in [0.15, 0.2) is 0 Å². The molecule has 0 nitrogen and oxygen atoms in total. The van der Waals surface area contributed by atoms with Crippen LogP contribution in [0.15, 0.2) is 18.2 Å². The Morgan fingerprint density at radius 2 is 2.25 bits per heavy atom. The second-order valence-electron chi connectivity index (χ2n) is 2.09. The topological polar surface area (TPSA) is 0 Å². The van der Waals surface area contributed by atoms with Gasteiger partial charge in [-0.3, -0.25) is 0 Å². The predicted molar refractivity (Wildman–Crippen MR) is 52.1 cm³/mol. The van der Waals surface area contributed by atoms with Crippen LogP contribution in [0.3, 0.4) is 0 Å². The zero-order valence-electron chi connectivity index (χ0n) is 6.14. The van der Waals surface area contributed by atoms with Crippen molar-refractivity contribution in [3.05, 3.63) is 34.6 Å². The molecule has 12 heavy (non-hydrogen) atoms. The van der Waals surface area contributed by atoms with Crippen molar-refractivity contribution in [2.24, 2.45) is 0 Å². The summed E-state index contributed by atoms with van der Waals surface area (Å²) in [5.74, 6) is 5.59. The van der Waals surface area contributed by atoms with Crippen molar-refractivity contribution in [2.75, 3.05) is 5.75 Å². The molecular weight excluding hydrogens is 195 g/mol. The van der Waals surface area contributed by atoms with E-state index in [1.54, 1.807) is 6.07 Å².